The van der Waals surface area contributed by atoms with Crippen molar-refractivity contribution in [1.29, 1.82) is 0 Å². The first kappa shape index (κ1) is 15.4. The predicted octanol–water partition coefficient (Wildman–Crippen LogP) is 2.07. The standard InChI is InChI=1S/C18H23N3O3/c1-23-16-17(20-7-6-19-16)24-14-3-2-8-21(11-14)18(22)15-10-12-4-5-13(15)9-12/h4-7,12-15H,2-3,8-11H2,1H3. The van der Waals surface area contributed by atoms with Crippen LogP contribution in [0.2, 0.25) is 0 Å². The maximum atomic E-state index is 12.9. The Morgan fingerprint density at radius 3 is 2.75 bits per heavy atom. The lowest BCUT2D eigenvalue weighted by Gasteiger charge is -2.35. The van der Waals surface area contributed by atoms with Gasteiger partial charge in [-0.3, -0.25) is 4.79 Å². The van der Waals surface area contributed by atoms with Gasteiger partial charge < -0.3 is 14.4 Å². The van der Waals surface area contributed by atoms with Crippen molar-refractivity contribution in [2.45, 2.75) is 31.8 Å². The van der Waals surface area contributed by atoms with E-state index in [9.17, 15) is 4.79 Å². The number of amides is 1. The van der Waals surface area contributed by atoms with Crippen LogP contribution in [-0.4, -0.2) is 47.1 Å². The molecule has 2 heterocycles. The van der Waals surface area contributed by atoms with E-state index < -0.39 is 0 Å². The van der Waals surface area contributed by atoms with Crippen molar-refractivity contribution >= 4 is 5.91 Å². The highest BCUT2D eigenvalue weighted by Crippen LogP contribution is 2.44. The monoisotopic (exact) mass is 329 g/mol. The number of hydrogen-bond acceptors (Lipinski definition) is 5. The van der Waals surface area contributed by atoms with Gasteiger partial charge in [0, 0.05) is 24.9 Å². The summed E-state index contributed by atoms with van der Waals surface area (Å²) in [4.78, 5) is 23.2. The molecule has 0 spiro atoms. The summed E-state index contributed by atoms with van der Waals surface area (Å²) in [5, 5.41) is 0. The van der Waals surface area contributed by atoms with E-state index in [0.717, 1.165) is 32.2 Å². The molecule has 0 radical (unpaired) electrons. The molecular formula is C18H23N3O3. The summed E-state index contributed by atoms with van der Waals surface area (Å²) in [5.74, 6) is 2.32. The van der Waals surface area contributed by atoms with Gasteiger partial charge >= 0.3 is 0 Å². The number of carbonyl (C=O) groups is 1. The molecule has 6 heteroatoms. The molecule has 1 saturated carbocycles. The van der Waals surface area contributed by atoms with Crippen LogP contribution in [-0.2, 0) is 4.79 Å². The van der Waals surface area contributed by atoms with Gasteiger partial charge in [-0.15, -0.1) is 0 Å². The van der Waals surface area contributed by atoms with Gasteiger partial charge in [0.2, 0.25) is 5.91 Å². The molecule has 128 valence electrons. The van der Waals surface area contributed by atoms with Crippen LogP contribution in [0, 0.1) is 17.8 Å². The first-order chi connectivity index (χ1) is 11.7. The fraction of sp³-hybridized carbons (Fsp3) is 0.611. The van der Waals surface area contributed by atoms with Crippen molar-refractivity contribution < 1.29 is 14.3 Å². The molecule has 0 aromatic carbocycles. The topological polar surface area (TPSA) is 64.6 Å². The fourth-order valence-corrected chi connectivity index (χ4v) is 4.22. The molecule has 4 atom stereocenters. The molecule has 6 nitrogen and oxygen atoms in total. The highest BCUT2D eigenvalue weighted by molar-refractivity contribution is 5.80. The normalized spacial score (nSPS) is 31.3. The number of aromatic nitrogens is 2. The third kappa shape index (κ3) is 2.85. The number of piperidine rings is 1. The minimum absolute atomic E-state index is 0.0533. The van der Waals surface area contributed by atoms with Crippen LogP contribution in [0.1, 0.15) is 25.7 Å². The summed E-state index contributed by atoms with van der Waals surface area (Å²) >= 11 is 0. The van der Waals surface area contributed by atoms with Gasteiger partial charge in [0.1, 0.15) is 6.10 Å². The lowest BCUT2D eigenvalue weighted by Crippen LogP contribution is -2.47. The Morgan fingerprint density at radius 2 is 2.04 bits per heavy atom. The Morgan fingerprint density at radius 1 is 1.21 bits per heavy atom. The molecule has 4 rings (SSSR count). The summed E-state index contributed by atoms with van der Waals surface area (Å²) in [6.07, 6.45) is 11.7. The summed E-state index contributed by atoms with van der Waals surface area (Å²) in [7, 11) is 1.55. The van der Waals surface area contributed by atoms with Gasteiger partial charge in [0.15, 0.2) is 0 Å². The molecule has 4 unspecified atom stereocenters. The molecule has 0 N–H and O–H groups in total. The number of nitrogens with zero attached hydrogens (tertiary/aromatic N) is 3. The number of rotatable bonds is 4. The van der Waals surface area contributed by atoms with Crippen LogP contribution in [0.3, 0.4) is 0 Å². The van der Waals surface area contributed by atoms with Crippen molar-refractivity contribution in [2.75, 3.05) is 20.2 Å². The largest absolute Gasteiger partial charge is 0.477 e. The summed E-state index contributed by atoms with van der Waals surface area (Å²) < 4.78 is 11.2. The minimum Gasteiger partial charge on any atom is -0.477 e. The molecular weight excluding hydrogens is 306 g/mol. The van der Waals surface area contributed by atoms with Gasteiger partial charge in [0.25, 0.3) is 11.8 Å². The molecule has 24 heavy (non-hydrogen) atoms. The Labute approximate surface area is 141 Å². The third-order valence-corrected chi connectivity index (χ3v) is 5.39. The van der Waals surface area contributed by atoms with Crippen molar-refractivity contribution in [1.82, 2.24) is 14.9 Å². The lowest BCUT2D eigenvalue weighted by molar-refractivity contribution is -0.139. The van der Waals surface area contributed by atoms with Crippen molar-refractivity contribution in [3.8, 4) is 11.8 Å². The van der Waals surface area contributed by atoms with E-state index in [1.54, 1.807) is 19.5 Å². The zero-order valence-electron chi connectivity index (χ0n) is 13.9. The quantitative estimate of drug-likeness (QED) is 0.791. The molecule has 3 aliphatic rings. The molecule has 2 bridgehead atoms. The second-order valence-electron chi connectivity index (χ2n) is 6.92. The number of fused-ring (bicyclic) bond motifs is 2. The van der Waals surface area contributed by atoms with Crippen LogP contribution in [0.25, 0.3) is 0 Å². The van der Waals surface area contributed by atoms with Crippen molar-refractivity contribution in [2.24, 2.45) is 17.8 Å². The van der Waals surface area contributed by atoms with Gasteiger partial charge in [-0.25, -0.2) is 9.97 Å². The first-order valence-electron chi connectivity index (χ1n) is 8.73. The molecule has 1 saturated heterocycles. The number of methoxy groups -OCH3 is 1. The average molecular weight is 329 g/mol. The summed E-state index contributed by atoms with van der Waals surface area (Å²) in [5.41, 5.74) is 0. The molecule has 1 aromatic rings. The second kappa shape index (κ2) is 6.42. The fourth-order valence-electron chi connectivity index (χ4n) is 4.22. The van der Waals surface area contributed by atoms with Gasteiger partial charge in [0.05, 0.1) is 13.7 Å². The van der Waals surface area contributed by atoms with Crippen LogP contribution >= 0.6 is 0 Å². The number of ether oxygens (including phenoxy) is 2. The van der Waals surface area contributed by atoms with E-state index in [2.05, 4.69) is 22.1 Å². The number of likely N-dealkylation sites (tertiary alicyclic amines) is 1. The Balaban J connectivity index is 1.40. The van der Waals surface area contributed by atoms with E-state index in [-0.39, 0.29) is 12.0 Å². The van der Waals surface area contributed by atoms with Crippen LogP contribution in [0.5, 0.6) is 11.8 Å². The second-order valence-corrected chi connectivity index (χ2v) is 6.92. The zero-order chi connectivity index (χ0) is 16.5. The Bertz CT molecular complexity index is 648. The Kier molecular flexibility index (Phi) is 4.12. The highest BCUT2D eigenvalue weighted by atomic mass is 16.5. The number of allylic oxidation sites excluding steroid dienone is 2. The summed E-state index contributed by atoms with van der Waals surface area (Å²) in [6, 6.07) is 0. The van der Waals surface area contributed by atoms with E-state index in [4.69, 9.17) is 9.47 Å². The van der Waals surface area contributed by atoms with Crippen molar-refractivity contribution in [3.05, 3.63) is 24.5 Å². The molecule has 2 aliphatic carbocycles. The van der Waals surface area contributed by atoms with E-state index in [1.165, 1.54) is 0 Å². The zero-order valence-corrected chi connectivity index (χ0v) is 13.9. The lowest BCUT2D eigenvalue weighted by atomic mass is 9.91. The smallest absolute Gasteiger partial charge is 0.278 e. The van der Waals surface area contributed by atoms with Gasteiger partial charge in [-0.05, 0) is 37.5 Å². The molecule has 2 fully saturated rings. The van der Waals surface area contributed by atoms with E-state index in [0.29, 0.717) is 36.0 Å². The first-order valence-corrected chi connectivity index (χ1v) is 8.73. The van der Waals surface area contributed by atoms with Gasteiger partial charge in [-0.2, -0.15) is 0 Å². The molecule has 1 aromatic heterocycles. The van der Waals surface area contributed by atoms with Crippen LogP contribution in [0.15, 0.2) is 24.5 Å². The van der Waals surface area contributed by atoms with Crippen molar-refractivity contribution in [3.63, 3.8) is 0 Å². The van der Waals surface area contributed by atoms with Gasteiger partial charge in [-0.1, -0.05) is 12.2 Å². The number of hydrogen-bond donors (Lipinski definition) is 0. The number of carbonyl (C=O) groups excluding carboxylic acids is 1. The Hall–Kier alpha value is -2.11. The maximum absolute atomic E-state index is 12.9. The highest BCUT2D eigenvalue weighted by Gasteiger charge is 2.42. The average Bonchev–Trinajstić information content (AvgIpc) is 3.25. The third-order valence-electron chi connectivity index (χ3n) is 5.39. The predicted molar refractivity (Wildman–Crippen MR) is 87.7 cm³/mol. The maximum Gasteiger partial charge on any atom is 0.278 e. The van der Waals surface area contributed by atoms with E-state index >= 15 is 0 Å². The van der Waals surface area contributed by atoms with E-state index in [1.807, 2.05) is 4.90 Å². The van der Waals surface area contributed by atoms with Crippen LogP contribution < -0.4 is 9.47 Å². The SMILES string of the molecule is COc1nccnc1OC1CCCN(C(=O)C2CC3C=CC2C3)C1. The molecule has 1 aliphatic heterocycles. The summed E-state index contributed by atoms with van der Waals surface area (Å²) in [6.45, 7) is 1.45. The molecule has 1 amide bonds. The van der Waals surface area contributed by atoms with Crippen LogP contribution in [0.4, 0.5) is 0 Å². The minimum atomic E-state index is -0.0533.